The van der Waals surface area contributed by atoms with Gasteiger partial charge in [-0.3, -0.25) is 19.2 Å². The molecule has 138 valence electrons. The van der Waals surface area contributed by atoms with E-state index in [4.69, 9.17) is 0 Å². The van der Waals surface area contributed by atoms with Gasteiger partial charge < -0.3 is 10.6 Å². The quantitative estimate of drug-likeness (QED) is 0.762. The molecular weight excluding hydrogens is 346 g/mol. The van der Waals surface area contributed by atoms with Crippen molar-refractivity contribution in [3.63, 3.8) is 0 Å². The average molecular weight is 365 g/mol. The molecule has 1 aliphatic heterocycles. The Morgan fingerprint density at radius 2 is 1.48 bits per heavy atom. The number of nitrogens with one attached hydrogen (secondary N) is 2. The number of carbonyl (C=O) groups is 4. The number of hydrogen-bond donors (Lipinski definition) is 2. The van der Waals surface area contributed by atoms with Crippen molar-refractivity contribution >= 4 is 29.3 Å². The molecular formula is C20H19N3O4. The number of rotatable bonds is 6. The number of hydrogen-bond acceptors (Lipinski definition) is 4. The molecule has 0 fully saturated rings. The Hall–Kier alpha value is -3.48. The van der Waals surface area contributed by atoms with Gasteiger partial charge in [-0.05, 0) is 42.8 Å². The van der Waals surface area contributed by atoms with Gasteiger partial charge >= 0.3 is 0 Å². The Morgan fingerprint density at radius 3 is 2.04 bits per heavy atom. The molecule has 2 aromatic carbocycles. The van der Waals surface area contributed by atoms with Crippen LogP contribution in [0.15, 0.2) is 48.5 Å². The SMILES string of the molecule is CCCNC(=O)CNC(=O)c1ccc(N2C(=O)c3ccccc3C2=O)cc1. The second-order valence-electron chi connectivity index (χ2n) is 6.07. The van der Waals surface area contributed by atoms with Gasteiger partial charge in [-0.25, -0.2) is 4.90 Å². The topological polar surface area (TPSA) is 95.6 Å². The molecule has 0 saturated heterocycles. The summed E-state index contributed by atoms with van der Waals surface area (Å²) < 4.78 is 0. The molecule has 7 nitrogen and oxygen atoms in total. The van der Waals surface area contributed by atoms with Crippen LogP contribution in [0.25, 0.3) is 0 Å². The van der Waals surface area contributed by atoms with Crippen molar-refractivity contribution in [1.29, 1.82) is 0 Å². The van der Waals surface area contributed by atoms with Crippen molar-refractivity contribution in [2.75, 3.05) is 18.0 Å². The van der Waals surface area contributed by atoms with Crippen LogP contribution in [-0.2, 0) is 4.79 Å². The molecule has 1 heterocycles. The van der Waals surface area contributed by atoms with Crippen LogP contribution in [0.2, 0.25) is 0 Å². The van der Waals surface area contributed by atoms with E-state index in [9.17, 15) is 19.2 Å². The molecule has 0 unspecified atom stereocenters. The maximum absolute atomic E-state index is 12.5. The van der Waals surface area contributed by atoms with Crippen LogP contribution in [0.5, 0.6) is 0 Å². The first kappa shape index (κ1) is 18.3. The van der Waals surface area contributed by atoms with Gasteiger partial charge in [0, 0.05) is 12.1 Å². The molecule has 2 N–H and O–H groups in total. The molecule has 0 aliphatic carbocycles. The maximum Gasteiger partial charge on any atom is 0.266 e. The third kappa shape index (κ3) is 3.72. The van der Waals surface area contributed by atoms with Crippen molar-refractivity contribution in [2.45, 2.75) is 13.3 Å². The van der Waals surface area contributed by atoms with Crippen LogP contribution in [0.4, 0.5) is 5.69 Å². The molecule has 3 rings (SSSR count). The van der Waals surface area contributed by atoms with Crippen LogP contribution in [0.1, 0.15) is 44.4 Å². The number of nitrogens with zero attached hydrogens (tertiary/aromatic N) is 1. The third-order valence-corrected chi connectivity index (χ3v) is 4.16. The van der Waals surface area contributed by atoms with E-state index in [-0.39, 0.29) is 24.3 Å². The second-order valence-corrected chi connectivity index (χ2v) is 6.07. The van der Waals surface area contributed by atoms with Gasteiger partial charge in [0.25, 0.3) is 17.7 Å². The van der Waals surface area contributed by atoms with Crippen LogP contribution in [0.3, 0.4) is 0 Å². The van der Waals surface area contributed by atoms with E-state index in [1.165, 1.54) is 24.3 Å². The fraction of sp³-hybridized carbons (Fsp3) is 0.200. The molecule has 0 spiro atoms. The number of imide groups is 1. The Labute approximate surface area is 156 Å². The summed E-state index contributed by atoms with van der Waals surface area (Å²) >= 11 is 0. The minimum atomic E-state index is -0.407. The number of amides is 4. The Morgan fingerprint density at radius 1 is 0.889 bits per heavy atom. The molecule has 2 aromatic rings. The maximum atomic E-state index is 12.5. The zero-order valence-electron chi connectivity index (χ0n) is 14.8. The van der Waals surface area contributed by atoms with Gasteiger partial charge in [-0.2, -0.15) is 0 Å². The first-order valence-corrected chi connectivity index (χ1v) is 8.65. The molecule has 4 amide bonds. The van der Waals surface area contributed by atoms with Crippen molar-refractivity contribution < 1.29 is 19.2 Å². The van der Waals surface area contributed by atoms with Crippen LogP contribution in [0, 0.1) is 0 Å². The van der Waals surface area contributed by atoms with Gasteiger partial charge in [0.2, 0.25) is 5.91 Å². The third-order valence-electron chi connectivity index (χ3n) is 4.16. The van der Waals surface area contributed by atoms with Gasteiger partial charge in [0.1, 0.15) is 0 Å². The summed E-state index contributed by atoms with van der Waals surface area (Å²) in [5, 5.41) is 5.20. The molecule has 27 heavy (non-hydrogen) atoms. The summed E-state index contributed by atoms with van der Waals surface area (Å²) in [5.74, 6) is -1.44. The van der Waals surface area contributed by atoms with Crippen molar-refractivity contribution in [3.05, 3.63) is 65.2 Å². The number of fused-ring (bicyclic) bond motifs is 1. The van der Waals surface area contributed by atoms with Crippen LogP contribution in [-0.4, -0.2) is 36.7 Å². The molecule has 0 atom stereocenters. The minimum Gasteiger partial charge on any atom is -0.355 e. The van der Waals surface area contributed by atoms with Crippen molar-refractivity contribution in [3.8, 4) is 0 Å². The predicted octanol–water partition coefficient (Wildman–Crippen LogP) is 1.74. The number of carbonyl (C=O) groups excluding carboxylic acids is 4. The van der Waals surface area contributed by atoms with E-state index in [1.807, 2.05) is 6.92 Å². The summed E-state index contributed by atoms with van der Waals surface area (Å²) in [6.45, 7) is 2.39. The van der Waals surface area contributed by atoms with E-state index in [1.54, 1.807) is 24.3 Å². The Kier molecular flexibility index (Phi) is 5.30. The van der Waals surface area contributed by atoms with E-state index < -0.39 is 5.91 Å². The van der Waals surface area contributed by atoms with Gasteiger partial charge in [-0.1, -0.05) is 19.1 Å². The van der Waals surface area contributed by atoms with Crippen LogP contribution >= 0.6 is 0 Å². The van der Waals surface area contributed by atoms with Crippen molar-refractivity contribution in [2.24, 2.45) is 0 Å². The predicted molar refractivity (Wildman–Crippen MR) is 99.7 cm³/mol. The zero-order chi connectivity index (χ0) is 19.4. The molecule has 7 heteroatoms. The van der Waals surface area contributed by atoms with Gasteiger partial charge in [0.05, 0.1) is 23.4 Å². The Bertz CT molecular complexity index is 871. The molecule has 0 bridgehead atoms. The summed E-state index contributed by atoms with van der Waals surface area (Å²) in [4.78, 5) is 49.7. The fourth-order valence-electron chi connectivity index (χ4n) is 2.78. The highest BCUT2D eigenvalue weighted by Gasteiger charge is 2.36. The smallest absolute Gasteiger partial charge is 0.266 e. The zero-order valence-corrected chi connectivity index (χ0v) is 14.8. The lowest BCUT2D eigenvalue weighted by molar-refractivity contribution is -0.120. The first-order chi connectivity index (χ1) is 13.0. The lowest BCUT2D eigenvalue weighted by atomic mass is 10.1. The minimum absolute atomic E-state index is 0.112. The number of anilines is 1. The highest BCUT2D eigenvalue weighted by atomic mass is 16.2. The fourth-order valence-corrected chi connectivity index (χ4v) is 2.78. The van der Waals surface area contributed by atoms with E-state index in [0.717, 1.165) is 11.3 Å². The monoisotopic (exact) mass is 365 g/mol. The normalized spacial score (nSPS) is 12.7. The Balaban J connectivity index is 1.68. The largest absolute Gasteiger partial charge is 0.355 e. The van der Waals surface area contributed by atoms with Gasteiger partial charge in [-0.15, -0.1) is 0 Å². The first-order valence-electron chi connectivity index (χ1n) is 8.65. The molecule has 0 radical (unpaired) electrons. The van der Waals surface area contributed by atoms with Crippen molar-refractivity contribution in [1.82, 2.24) is 10.6 Å². The lowest BCUT2D eigenvalue weighted by Crippen LogP contribution is -2.37. The second kappa shape index (κ2) is 7.82. The van der Waals surface area contributed by atoms with E-state index >= 15 is 0 Å². The summed E-state index contributed by atoms with van der Waals surface area (Å²) in [5.41, 5.74) is 1.45. The molecule has 1 aliphatic rings. The highest BCUT2D eigenvalue weighted by Crippen LogP contribution is 2.28. The van der Waals surface area contributed by atoms with E-state index in [0.29, 0.717) is 28.9 Å². The number of benzene rings is 2. The van der Waals surface area contributed by atoms with E-state index in [2.05, 4.69) is 10.6 Å². The summed E-state index contributed by atoms with van der Waals surface area (Å²) in [6.07, 6.45) is 0.818. The summed E-state index contributed by atoms with van der Waals surface area (Å²) in [6, 6.07) is 12.7. The highest BCUT2D eigenvalue weighted by molar-refractivity contribution is 6.34. The van der Waals surface area contributed by atoms with Gasteiger partial charge in [0.15, 0.2) is 0 Å². The standard InChI is InChI=1S/C20H19N3O4/c1-2-11-21-17(24)12-22-18(25)13-7-9-14(10-8-13)23-19(26)15-5-3-4-6-16(15)20(23)27/h3-10H,2,11-12H2,1H3,(H,21,24)(H,22,25). The molecule has 0 saturated carbocycles. The lowest BCUT2D eigenvalue weighted by Gasteiger charge is -2.14. The summed E-state index contributed by atoms with van der Waals surface area (Å²) in [7, 11) is 0. The van der Waals surface area contributed by atoms with Crippen LogP contribution < -0.4 is 15.5 Å². The average Bonchev–Trinajstić information content (AvgIpc) is 2.95. The molecule has 0 aromatic heterocycles.